The number of hydrogen-bond donors (Lipinski definition) is 5. The van der Waals surface area contributed by atoms with Crippen molar-refractivity contribution in [1.29, 1.82) is 0 Å². The molecule has 38 heavy (non-hydrogen) atoms. The Hall–Kier alpha value is -4.90. The molecule has 0 radical (unpaired) electrons. The Labute approximate surface area is 217 Å². The van der Waals surface area contributed by atoms with Gasteiger partial charge in [0, 0.05) is 34.9 Å². The maximum absolute atomic E-state index is 12.9. The quantitative estimate of drug-likeness (QED) is 0.326. The highest BCUT2D eigenvalue weighted by Gasteiger charge is 2.34. The molecule has 1 fully saturated rings. The summed E-state index contributed by atoms with van der Waals surface area (Å²) in [6.45, 7) is 3.77. The average molecular weight is 516 g/mol. The van der Waals surface area contributed by atoms with Gasteiger partial charge in [0.2, 0.25) is 0 Å². The van der Waals surface area contributed by atoms with Crippen LogP contribution in [0.4, 0.5) is 26.7 Å². The lowest BCUT2D eigenvalue weighted by Crippen LogP contribution is -2.39. The fourth-order valence-electron chi connectivity index (χ4n) is 4.74. The number of nitrogens with zero attached hydrogens (tertiary/aromatic N) is 2. The zero-order valence-electron chi connectivity index (χ0n) is 20.7. The average Bonchev–Trinajstić information content (AvgIpc) is 3.51. The Balaban J connectivity index is 1.32. The zero-order chi connectivity index (χ0) is 27.1. The second-order valence-corrected chi connectivity index (χ2v) is 9.08. The summed E-state index contributed by atoms with van der Waals surface area (Å²) in [4.78, 5) is 55.6. The van der Waals surface area contributed by atoms with Gasteiger partial charge in [0.25, 0.3) is 5.91 Å². The number of rotatable bonds is 5. The molecule has 0 bridgehead atoms. The standard InChI is InChI=1S/C27H25N5O6/c1-14-21(28-15(2)23(14)25(35)36)12-20-19-8-5-17(11-22(19)30-24(20)34)29-26(37)32-10-9-31(27(32)38)18-6-3-16(13-33)4-7-18/h3-8,11-12,28,33H,9-10,13H2,1-2H3,(H,29,37)(H,30,34)(H,35,36)/b20-12-. The molecule has 2 aromatic carbocycles. The number of imide groups is 1. The summed E-state index contributed by atoms with van der Waals surface area (Å²) < 4.78 is 0. The molecule has 11 nitrogen and oxygen atoms in total. The van der Waals surface area contributed by atoms with Gasteiger partial charge in [0.1, 0.15) is 0 Å². The number of amides is 5. The highest BCUT2D eigenvalue weighted by Crippen LogP contribution is 2.36. The van der Waals surface area contributed by atoms with E-state index in [1.807, 2.05) is 0 Å². The number of carboxylic acid groups (broad SMARTS) is 1. The SMILES string of the molecule is Cc1[nH]c(/C=C2\C(=O)Nc3cc(NC(=O)N4CCN(c5ccc(CO)cc5)C4=O)ccc32)c(C)c1C(=O)O. The number of benzene rings is 2. The number of carbonyl (C=O) groups is 4. The third kappa shape index (κ3) is 4.28. The van der Waals surface area contributed by atoms with Crippen LogP contribution >= 0.6 is 0 Å². The van der Waals surface area contributed by atoms with Gasteiger partial charge < -0.3 is 25.8 Å². The number of anilines is 3. The number of H-pyrrole nitrogens is 1. The summed E-state index contributed by atoms with van der Waals surface area (Å²) in [5, 5.41) is 24.1. The smallest absolute Gasteiger partial charge is 0.337 e. The van der Waals surface area contributed by atoms with Crippen LogP contribution in [0.1, 0.15) is 38.4 Å². The fourth-order valence-corrected chi connectivity index (χ4v) is 4.74. The minimum atomic E-state index is -1.04. The monoisotopic (exact) mass is 515 g/mol. The lowest BCUT2D eigenvalue weighted by atomic mass is 10.0. The predicted octanol–water partition coefficient (Wildman–Crippen LogP) is 3.79. The topological polar surface area (TPSA) is 155 Å². The number of aryl methyl sites for hydroxylation is 1. The number of fused-ring (bicyclic) bond motifs is 1. The molecule has 0 spiro atoms. The van der Waals surface area contributed by atoms with E-state index in [9.17, 15) is 29.4 Å². The molecule has 5 rings (SSSR count). The van der Waals surface area contributed by atoms with E-state index < -0.39 is 18.0 Å². The van der Waals surface area contributed by atoms with Crippen molar-refractivity contribution < 1.29 is 29.4 Å². The summed E-state index contributed by atoms with van der Waals surface area (Å²) in [6.07, 6.45) is 1.61. The van der Waals surface area contributed by atoms with Gasteiger partial charge in [-0.3, -0.25) is 9.69 Å². The van der Waals surface area contributed by atoms with Gasteiger partial charge >= 0.3 is 18.0 Å². The van der Waals surface area contributed by atoms with E-state index in [0.29, 0.717) is 51.7 Å². The minimum absolute atomic E-state index is 0.0990. The first-order chi connectivity index (χ1) is 18.2. The molecule has 0 atom stereocenters. The number of aromatic nitrogens is 1. The summed E-state index contributed by atoms with van der Waals surface area (Å²) >= 11 is 0. The molecule has 0 saturated carbocycles. The van der Waals surface area contributed by atoms with E-state index in [4.69, 9.17) is 0 Å². The van der Waals surface area contributed by atoms with E-state index >= 15 is 0 Å². The number of urea groups is 2. The van der Waals surface area contributed by atoms with Crippen LogP contribution in [0.3, 0.4) is 0 Å². The Kier molecular flexibility index (Phi) is 6.21. The van der Waals surface area contributed by atoms with Crippen LogP contribution in [0, 0.1) is 13.8 Å². The van der Waals surface area contributed by atoms with E-state index in [2.05, 4.69) is 15.6 Å². The van der Waals surface area contributed by atoms with Gasteiger partial charge in [-0.05, 0) is 55.3 Å². The number of carboxylic acids is 1. The van der Waals surface area contributed by atoms with Gasteiger partial charge in [-0.1, -0.05) is 18.2 Å². The number of hydrogen-bond acceptors (Lipinski definition) is 5. The first-order valence-electron chi connectivity index (χ1n) is 11.9. The summed E-state index contributed by atoms with van der Waals surface area (Å²) in [5.74, 6) is -1.40. The van der Waals surface area contributed by atoms with Crippen LogP contribution in [0.15, 0.2) is 42.5 Å². The van der Waals surface area contributed by atoms with E-state index in [1.54, 1.807) is 62.4 Å². The van der Waals surface area contributed by atoms with Crippen molar-refractivity contribution in [2.24, 2.45) is 0 Å². The van der Waals surface area contributed by atoms with E-state index in [-0.39, 0.29) is 24.6 Å². The molecule has 194 valence electrons. The second-order valence-electron chi connectivity index (χ2n) is 9.08. The van der Waals surface area contributed by atoms with Gasteiger partial charge in [0.05, 0.1) is 30.0 Å². The molecule has 2 aliphatic heterocycles. The molecule has 3 aromatic rings. The number of aromatic carboxylic acids is 1. The van der Waals surface area contributed by atoms with Crippen molar-refractivity contribution in [2.45, 2.75) is 20.5 Å². The third-order valence-electron chi connectivity index (χ3n) is 6.72. The molecule has 11 heteroatoms. The lowest BCUT2D eigenvalue weighted by Gasteiger charge is -2.18. The first-order valence-corrected chi connectivity index (χ1v) is 11.9. The van der Waals surface area contributed by atoms with Gasteiger partial charge in [0.15, 0.2) is 0 Å². The Bertz CT molecular complexity index is 1520. The van der Waals surface area contributed by atoms with E-state index in [1.165, 1.54) is 4.90 Å². The molecule has 3 heterocycles. The Morgan fingerprint density at radius 3 is 2.47 bits per heavy atom. The number of carbonyl (C=O) groups excluding carboxylic acids is 3. The van der Waals surface area contributed by atoms with Crippen LogP contribution < -0.4 is 15.5 Å². The maximum Gasteiger partial charge on any atom is 0.337 e. The molecular weight excluding hydrogens is 490 g/mol. The normalized spacial score (nSPS) is 15.7. The van der Waals surface area contributed by atoms with Crippen LogP contribution in [0.25, 0.3) is 11.6 Å². The fraction of sp³-hybridized carbons (Fsp3) is 0.185. The van der Waals surface area contributed by atoms with E-state index in [0.717, 1.165) is 10.5 Å². The van der Waals surface area contributed by atoms with Crippen LogP contribution in [0.2, 0.25) is 0 Å². The number of nitrogens with one attached hydrogen (secondary N) is 3. The van der Waals surface area contributed by atoms with Gasteiger partial charge in [-0.25, -0.2) is 19.3 Å². The lowest BCUT2D eigenvalue weighted by molar-refractivity contribution is -0.110. The molecule has 0 aliphatic carbocycles. The van der Waals surface area contributed by atoms with Gasteiger partial charge in [-0.2, -0.15) is 0 Å². The maximum atomic E-state index is 12.9. The van der Waals surface area contributed by atoms with Gasteiger partial charge in [-0.15, -0.1) is 0 Å². The predicted molar refractivity (Wildman–Crippen MR) is 141 cm³/mol. The first kappa shape index (κ1) is 24.8. The number of aliphatic hydroxyl groups excluding tert-OH is 1. The Morgan fingerprint density at radius 1 is 1.08 bits per heavy atom. The zero-order valence-corrected chi connectivity index (χ0v) is 20.7. The summed E-state index contributed by atoms with van der Waals surface area (Å²) in [6, 6.07) is 10.7. The minimum Gasteiger partial charge on any atom is -0.478 e. The Morgan fingerprint density at radius 2 is 1.82 bits per heavy atom. The molecule has 5 N–H and O–H groups in total. The van der Waals surface area contributed by atoms with Crippen molar-refractivity contribution in [3.8, 4) is 0 Å². The summed E-state index contributed by atoms with van der Waals surface area (Å²) in [5.41, 5.74) is 4.92. The number of aromatic amines is 1. The van der Waals surface area contributed by atoms with Crippen molar-refractivity contribution >= 4 is 52.6 Å². The van der Waals surface area contributed by atoms with Crippen LogP contribution in [0.5, 0.6) is 0 Å². The molecule has 2 aliphatic rings. The van der Waals surface area contributed by atoms with Crippen LogP contribution in [-0.4, -0.2) is 57.1 Å². The van der Waals surface area contributed by atoms with Crippen molar-refractivity contribution in [2.75, 3.05) is 28.6 Å². The van der Waals surface area contributed by atoms with Crippen molar-refractivity contribution in [1.82, 2.24) is 9.88 Å². The number of aliphatic hydroxyl groups is 1. The van der Waals surface area contributed by atoms with Crippen molar-refractivity contribution in [3.05, 3.63) is 76.1 Å². The highest BCUT2D eigenvalue weighted by molar-refractivity contribution is 6.35. The molecule has 0 unspecified atom stereocenters. The second kappa shape index (κ2) is 9.52. The summed E-state index contributed by atoms with van der Waals surface area (Å²) in [7, 11) is 0. The largest absolute Gasteiger partial charge is 0.478 e. The molecule has 5 amide bonds. The highest BCUT2D eigenvalue weighted by atomic mass is 16.4. The molecule has 1 saturated heterocycles. The molecular formula is C27H25N5O6. The van der Waals surface area contributed by atoms with Crippen molar-refractivity contribution in [3.63, 3.8) is 0 Å². The van der Waals surface area contributed by atoms with Crippen LogP contribution in [-0.2, 0) is 11.4 Å². The third-order valence-corrected chi connectivity index (χ3v) is 6.72. The molecule has 1 aromatic heterocycles.